The molecule has 1 amide bonds. The van der Waals surface area contributed by atoms with Crippen LogP contribution >= 0.6 is 0 Å². The molecule has 0 fully saturated rings. The van der Waals surface area contributed by atoms with E-state index in [9.17, 15) is 14.4 Å². The highest BCUT2D eigenvalue weighted by molar-refractivity contribution is 5.67. The zero-order valence-corrected chi connectivity index (χ0v) is 40.1. The molecule has 0 aromatic heterocycles. The predicted molar refractivity (Wildman–Crippen MR) is 250 cm³/mol. The van der Waals surface area contributed by atoms with Crippen LogP contribution in [0.5, 0.6) is 0 Å². The van der Waals surface area contributed by atoms with Gasteiger partial charge in [0, 0.05) is 6.54 Å². The van der Waals surface area contributed by atoms with Crippen molar-refractivity contribution in [2.24, 2.45) is 5.92 Å². The first kappa shape index (κ1) is 60.5. The molecule has 0 aromatic carbocycles. The maximum absolute atomic E-state index is 11.6. The predicted octanol–water partition coefficient (Wildman–Crippen LogP) is 14.9. The van der Waals surface area contributed by atoms with Crippen LogP contribution in [0.1, 0.15) is 254 Å². The van der Waals surface area contributed by atoms with Gasteiger partial charge in [-0.25, -0.2) is 4.79 Å². The first-order valence-corrected chi connectivity index (χ1v) is 25.1. The minimum Gasteiger partial charge on any atom is -0.468 e. The summed E-state index contributed by atoms with van der Waals surface area (Å²) in [6.45, 7) is 21.8. The number of alkyl carbamates (subject to hydrolysis) is 1. The van der Waals surface area contributed by atoms with Gasteiger partial charge in [-0.3, -0.25) is 9.59 Å². The Kier molecular flexibility index (Phi) is 57.5. The number of hydrogen-bond acceptors (Lipinski definition) is 7. The fraction of sp³-hybridized carbons (Fsp3) is 0.940. The van der Waals surface area contributed by atoms with E-state index >= 15 is 0 Å². The van der Waals surface area contributed by atoms with E-state index in [1.54, 1.807) is 0 Å². The van der Waals surface area contributed by atoms with Crippen LogP contribution in [0.15, 0.2) is 0 Å². The molecule has 0 spiro atoms. The molecule has 0 saturated carbocycles. The van der Waals surface area contributed by atoms with Gasteiger partial charge in [0.25, 0.3) is 12.9 Å². The number of nitrogens with zero attached hydrogens (tertiary/aromatic N) is 1. The average molecular weight is 827 g/mol. The Morgan fingerprint density at radius 1 is 0.500 bits per heavy atom. The van der Waals surface area contributed by atoms with Gasteiger partial charge < -0.3 is 24.4 Å². The van der Waals surface area contributed by atoms with E-state index in [4.69, 9.17) is 9.47 Å². The Bertz CT molecular complexity index is 751. The SMILES string of the molecule is CCCCCCCCC(CCCCCCCC)OC=O.CCCCCCCCN(CCCCCCCC)CCCNC(=O)OCC(C)C.CCCCCCCOC=O. The monoisotopic (exact) mass is 827 g/mol. The number of carbonyl (C=O) groups is 3. The summed E-state index contributed by atoms with van der Waals surface area (Å²) in [6.07, 6.45) is 40.9. The van der Waals surface area contributed by atoms with Crippen molar-refractivity contribution in [2.45, 2.75) is 260 Å². The fourth-order valence-corrected chi connectivity index (χ4v) is 6.85. The second-order valence-electron chi connectivity index (χ2n) is 17.0. The van der Waals surface area contributed by atoms with Crippen LogP contribution < -0.4 is 5.32 Å². The maximum atomic E-state index is 11.6. The van der Waals surface area contributed by atoms with Crippen molar-refractivity contribution in [3.8, 4) is 0 Å². The summed E-state index contributed by atoms with van der Waals surface area (Å²) in [6, 6.07) is 0. The molecule has 0 radical (unpaired) electrons. The first-order chi connectivity index (χ1) is 28.4. The van der Waals surface area contributed by atoms with Gasteiger partial charge in [0.1, 0.15) is 6.10 Å². The molecule has 0 aliphatic heterocycles. The minimum atomic E-state index is -0.271. The van der Waals surface area contributed by atoms with Crippen LogP contribution in [-0.4, -0.2) is 69.4 Å². The summed E-state index contributed by atoms with van der Waals surface area (Å²) in [4.78, 5) is 34.5. The minimum absolute atomic E-state index is 0.171. The second kappa shape index (κ2) is 55.2. The summed E-state index contributed by atoms with van der Waals surface area (Å²) in [5.41, 5.74) is 0. The summed E-state index contributed by atoms with van der Waals surface area (Å²) in [5, 5.41) is 2.89. The van der Waals surface area contributed by atoms with E-state index in [0.717, 1.165) is 32.2 Å². The largest absolute Gasteiger partial charge is 0.468 e. The van der Waals surface area contributed by atoms with Crippen LogP contribution in [0.3, 0.4) is 0 Å². The molecule has 0 bridgehead atoms. The molecule has 0 rings (SSSR count). The third kappa shape index (κ3) is 56.3. The molecule has 8 nitrogen and oxygen atoms in total. The molecule has 348 valence electrons. The van der Waals surface area contributed by atoms with Crippen molar-refractivity contribution >= 4 is 19.0 Å². The lowest BCUT2D eigenvalue weighted by atomic mass is 10.0. The number of unbranched alkanes of at least 4 members (excludes halogenated alkanes) is 24. The van der Waals surface area contributed by atoms with E-state index in [2.05, 4.69) is 63.4 Å². The molecule has 1 N–H and O–H groups in total. The Labute approximate surface area is 362 Å². The van der Waals surface area contributed by atoms with Crippen LogP contribution in [-0.2, 0) is 23.8 Å². The first-order valence-electron chi connectivity index (χ1n) is 25.1. The average Bonchev–Trinajstić information content (AvgIpc) is 3.22. The molecule has 58 heavy (non-hydrogen) atoms. The van der Waals surface area contributed by atoms with Gasteiger partial charge in [-0.15, -0.1) is 0 Å². The molecule has 0 unspecified atom stereocenters. The molecular formula is C50H102N2O6. The Morgan fingerprint density at radius 3 is 1.28 bits per heavy atom. The molecule has 0 aliphatic rings. The van der Waals surface area contributed by atoms with Crippen LogP contribution in [0.2, 0.25) is 0 Å². The normalized spacial score (nSPS) is 10.9. The Balaban J connectivity index is -0.000000873. The van der Waals surface area contributed by atoms with Gasteiger partial charge in [-0.1, -0.05) is 203 Å². The van der Waals surface area contributed by atoms with Gasteiger partial charge >= 0.3 is 6.09 Å². The topological polar surface area (TPSA) is 94.2 Å². The van der Waals surface area contributed by atoms with Crippen molar-refractivity contribution in [3.63, 3.8) is 0 Å². The quantitative estimate of drug-likeness (QED) is 0.0372. The van der Waals surface area contributed by atoms with E-state index in [-0.39, 0.29) is 12.2 Å². The highest BCUT2D eigenvalue weighted by Crippen LogP contribution is 2.16. The third-order valence-corrected chi connectivity index (χ3v) is 10.6. The number of ether oxygens (including phenoxy) is 3. The molecule has 0 heterocycles. The van der Waals surface area contributed by atoms with Crippen molar-refractivity contribution in [1.82, 2.24) is 10.2 Å². The summed E-state index contributed by atoms with van der Waals surface area (Å²) in [7, 11) is 0. The van der Waals surface area contributed by atoms with Crippen LogP contribution in [0, 0.1) is 5.92 Å². The number of amides is 1. The number of rotatable bonds is 43. The van der Waals surface area contributed by atoms with E-state index in [1.165, 1.54) is 193 Å². The third-order valence-electron chi connectivity index (χ3n) is 10.6. The molecule has 0 aliphatic carbocycles. The van der Waals surface area contributed by atoms with E-state index in [1.807, 2.05) is 0 Å². The van der Waals surface area contributed by atoms with Gasteiger partial charge in [-0.2, -0.15) is 0 Å². The summed E-state index contributed by atoms with van der Waals surface area (Å²) < 4.78 is 14.9. The fourth-order valence-electron chi connectivity index (χ4n) is 6.85. The van der Waals surface area contributed by atoms with Gasteiger partial charge in [0.2, 0.25) is 0 Å². The van der Waals surface area contributed by atoms with Crippen LogP contribution in [0.25, 0.3) is 0 Å². The molecule has 8 heteroatoms. The highest BCUT2D eigenvalue weighted by atomic mass is 16.5. The van der Waals surface area contributed by atoms with Crippen molar-refractivity contribution in [1.29, 1.82) is 0 Å². The van der Waals surface area contributed by atoms with Gasteiger partial charge in [0.15, 0.2) is 0 Å². The van der Waals surface area contributed by atoms with Crippen LogP contribution in [0.4, 0.5) is 4.79 Å². The number of hydrogen-bond donors (Lipinski definition) is 1. The molecule has 0 saturated heterocycles. The molecule has 0 atom stereocenters. The smallest absolute Gasteiger partial charge is 0.407 e. The van der Waals surface area contributed by atoms with Gasteiger partial charge in [0.05, 0.1) is 13.2 Å². The standard InChI is InChI=1S/C24H50N2O2.C18H36O2.C8H16O2/c1-5-7-9-11-13-15-19-26(20-16-14-12-10-8-6-2)21-17-18-25-24(27)28-22-23(3)4;1-3-5-7-9-11-13-15-18(20-17-19)16-14-12-10-8-6-4-2;1-2-3-4-5-6-7-10-8-9/h23H,5-22H2,1-4H3,(H,25,27);17-18H,3-16H2,1-2H3;8H,2-7H2,1H3. The second-order valence-corrected chi connectivity index (χ2v) is 17.0. The Hall–Kier alpha value is -1.83. The molecular weight excluding hydrogens is 725 g/mol. The highest BCUT2D eigenvalue weighted by Gasteiger charge is 2.09. The zero-order chi connectivity index (χ0) is 43.4. The molecule has 0 aromatic rings. The lowest BCUT2D eigenvalue weighted by Gasteiger charge is -2.22. The van der Waals surface area contributed by atoms with Crippen molar-refractivity contribution < 1.29 is 28.6 Å². The summed E-state index contributed by atoms with van der Waals surface area (Å²) in [5.74, 6) is 0.385. The Morgan fingerprint density at radius 2 is 0.879 bits per heavy atom. The number of carbonyl (C=O) groups excluding carboxylic acids is 3. The van der Waals surface area contributed by atoms with Crippen molar-refractivity contribution in [3.05, 3.63) is 0 Å². The van der Waals surface area contributed by atoms with E-state index in [0.29, 0.717) is 38.6 Å². The zero-order valence-electron chi connectivity index (χ0n) is 40.1. The lowest BCUT2D eigenvalue weighted by Crippen LogP contribution is -2.32. The van der Waals surface area contributed by atoms with Crippen molar-refractivity contribution in [2.75, 3.05) is 39.4 Å². The lowest BCUT2D eigenvalue weighted by molar-refractivity contribution is -0.134. The van der Waals surface area contributed by atoms with Gasteiger partial charge in [-0.05, 0) is 76.9 Å². The maximum Gasteiger partial charge on any atom is 0.407 e. The van der Waals surface area contributed by atoms with E-state index < -0.39 is 0 Å². The number of nitrogens with one attached hydrogen (secondary N) is 1. The summed E-state index contributed by atoms with van der Waals surface area (Å²) >= 11 is 0.